The summed E-state index contributed by atoms with van der Waals surface area (Å²) in [5, 5.41) is 17.9. The molecule has 0 bridgehead atoms. The summed E-state index contributed by atoms with van der Waals surface area (Å²) in [6.07, 6.45) is 2.48. The van der Waals surface area contributed by atoms with Crippen molar-refractivity contribution in [3.05, 3.63) is 59.2 Å². The van der Waals surface area contributed by atoms with Crippen LogP contribution in [0.2, 0.25) is 0 Å². The van der Waals surface area contributed by atoms with Gasteiger partial charge in [-0.3, -0.25) is 14.4 Å². The van der Waals surface area contributed by atoms with Crippen LogP contribution >= 0.6 is 0 Å². The van der Waals surface area contributed by atoms with E-state index in [9.17, 15) is 24.3 Å². The largest absolute Gasteiger partial charge is 0.481 e. The van der Waals surface area contributed by atoms with E-state index in [0.717, 1.165) is 30.5 Å². The highest BCUT2D eigenvalue weighted by atomic mass is 16.4. The molecule has 0 aromatic heterocycles. The van der Waals surface area contributed by atoms with Crippen molar-refractivity contribution in [3.8, 4) is 0 Å². The van der Waals surface area contributed by atoms with Crippen LogP contribution in [0.25, 0.3) is 0 Å². The third-order valence-corrected chi connectivity index (χ3v) is 7.08. The van der Waals surface area contributed by atoms with Gasteiger partial charge < -0.3 is 30.9 Å². The van der Waals surface area contributed by atoms with E-state index in [2.05, 4.69) is 20.9 Å². The van der Waals surface area contributed by atoms with Crippen molar-refractivity contribution in [2.45, 2.75) is 45.6 Å². The zero-order valence-corrected chi connectivity index (χ0v) is 22.5. The number of nitrogens with one attached hydrogen (secondary N) is 3. The smallest absolute Gasteiger partial charge is 0.319 e. The van der Waals surface area contributed by atoms with Gasteiger partial charge in [0.15, 0.2) is 0 Å². The van der Waals surface area contributed by atoms with Gasteiger partial charge in [-0.2, -0.15) is 0 Å². The Morgan fingerprint density at radius 3 is 2.41 bits per heavy atom. The average molecular weight is 536 g/mol. The third-order valence-electron chi connectivity index (χ3n) is 7.08. The average Bonchev–Trinajstić information content (AvgIpc) is 3.76. The summed E-state index contributed by atoms with van der Waals surface area (Å²) in [4.78, 5) is 53.9. The molecule has 4 amide bonds. The first kappa shape index (κ1) is 27.9. The molecule has 2 aromatic rings. The van der Waals surface area contributed by atoms with E-state index in [1.165, 1.54) is 0 Å². The lowest BCUT2D eigenvalue weighted by Gasteiger charge is -2.27. The van der Waals surface area contributed by atoms with Crippen LogP contribution in [0.15, 0.2) is 42.5 Å². The predicted octanol–water partition coefficient (Wildman–Crippen LogP) is 3.53. The fourth-order valence-electron chi connectivity index (χ4n) is 4.81. The van der Waals surface area contributed by atoms with Gasteiger partial charge in [-0.15, -0.1) is 0 Å². The summed E-state index contributed by atoms with van der Waals surface area (Å²) in [5.41, 5.74) is 3.26. The molecule has 39 heavy (non-hydrogen) atoms. The van der Waals surface area contributed by atoms with Crippen molar-refractivity contribution in [1.29, 1.82) is 0 Å². The van der Waals surface area contributed by atoms with Crippen LogP contribution in [-0.4, -0.2) is 66.5 Å². The maximum absolute atomic E-state index is 13.3. The number of urea groups is 1. The van der Waals surface area contributed by atoms with E-state index in [0.29, 0.717) is 49.5 Å². The highest BCUT2D eigenvalue weighted by Gasteiger charge is 2.34. The molecule has 10 nitrogen and oxygen atoms in total. The first-order valence-corrected chi connectivity index (χ1v) is 13.6. The molecule has 1 saturated carbocycles. The molecule has 0 spiro atoms. The number of amides is 4. The number of aliphatic carboxylic acids is 1. The molecule has 0 radical (unpaired) electrons. The van der Waals surface area contributed by atoms with E-state index in [-0.39, 0.29) is 24.3 Å². The number of aryl methyl sites for hydroxylation is 1. The van der Waals surface area contributed by atoms with E-state index < -0.39 is 17.9 Å². The molecule has 4 rings (SSSR count). The molecule has 2 aromatic carbocycles. The summed E-state index contributed by atoms with van der Waals surface area (Å²) >= 11 is 0. The monoisotopic (exact) mass is 535 g/mol. The zero-order valence-electron chi connectivity index (χ0n) is 22.5. The van der Waals surface area contributed by atoms with Crippen molar-refractivity contribution in [2.75, 3.05) is 42.9 Å². The minimum absolute atomic E-state index is 0.175. The lowest BCUT2D eigenvalue weighted by Crippen LogP contribution is -2.36. The molecule has 1 heterocycles. The second-order valence-corrected chi connectivity index (χ2v) is 10.2. The fourth-order valence-corrected chi connectivity index (χ4v) is 4.81. The van der Waals surface area contributed by atoms with Crippen LogP contribution < -0.4 is 20.9 Å². The van der Waals surface area contributed by atoms with Crippen molar-refractivity contribution in [3.63, 3.8) is 0 Å². The van der Waals surface area contributed by atoms with Crippen LogP contribution in [0.1, 0.15) is 60.1 Å². The lowest BCUT2D eigenvalue weighted by atomic mass is 10.0. The standard InChI is InChI=1S/C29H37N5O5/c1-3-30-29(39)32-24-17-22(27(37)31-23(18-26(35)36)20-7-5-19(2)6-8-20)11-12-25(24)33-13-4-14-34(16-15-33)28(38)21-9-10-21/h5-8,11-12,17,21,23H,3-4,9-10,13-16,18H2,1-2H3,(H,31,37)(H,35,36)(H2,30,32,39). The van der Waals surface area contributed by atoms with E-state index in [1.807, 2.05) is 43.0 Å². The van der Waals surface area contributed by atoms with Gasteiger partial charge in [-0.05, 0) is 56.9 Å². The fraction of sp³-hybridized carbons (Fsp3) is 0.448. The summed E-state index contributed by atoms with van der Waals surface area (Å²) in [6, 6.07) is 11.4. The van der Waals surface area contributed by atoms with Crippen molar-refractivity contribution >= 4 is 35.2 Å². The van der Waals surface area contributed by atoms with E-state index in [1.54, 1.807) is 18.2 Å². The molecule has 2 aliphatic rings. The summed E-state index contributed by atoms with van der Waals surface area (Å²) in [5.74, 6) is -1.06. The minimum atomic E-state index is -1.02. The quantitative estimate of drug-likeness (QED) is 0.389. The topological polar surface area (TPSA) is 131 Å². The summed E-state index contributed by atoms with van der Waals surface area (Å²) < 4.78 is 0. The molecule has 1 unspecified atom stereocenters. The van der Waals surface area contributed by atoms with Gasteiger partial charge in [-0.1, -0.05) is 29.8 Å². The molecule has 1 aliphatic carbocycles. The Bertz CT molecular complexity index is 1210. The summed E-state index contributed by atoms with van der Waals surface area (Å²) in [7, 11) is 0. The third kappa shape index (κ3) is 7.49. The van der Waals surface area contributed by atoms with Crippen LogP contribution in [0, 0.1) is 12.8 Å². The summed E-state index contributed by atoms with van der Waals surface area (Å²) in [6.45, 7) is 6.82. The molecule has 208 valence electrons. The SMILES string of the molecule is CCNC(=O)Nc1cc(C(=O)NC(CC(=O)O)c2ccc(C)cc2)ccc1N1CCCN(C(=O)C2CC2)CC1. The second kappa shape index (κ2) is 12.6. The number of hydrogen-bond acceptors (Lipinski definition) is 5. The van der Waals surface area contributed by atoms with Gasteiger partial charge in [0.1, 0.15) is 0 Å². The number of benzene rings is 2. The molecule has 1 saturated heterocycles. The highest BCUT2D eigenvalue weighted by Crippen LogP contribution is 2.33. The van der Waals surface area contributed by atoms with Crippen LogP contribution in [0.4, 0.5) is 16.2 Å². The Balaban J connectivity index is 1.55. The van der Waals surface area contributed by atoms with E-state index in [4.69, 9.17) is 0 Å². The van der Waals surface area contributed by atoms with Crippen molar-refractivity contribution in [1.82, 2.24) is 15.5 Å². The van der Waals surface area contributed by atoms with Crippen LogP contribution in [0.5, 0.6) is 0 Å². The number of hydrogen-bond donors (Lipinski definition) is 4. The lowest BCUT2D eigenvalue weighted by molar-refractivity contribution is -0.137. The van der Waals surface area contributed by atoms with Crippen molar-refractivity contribution in [2.24, 2.45) is 5.92 Å². The molecule has 4 N–H and O–H groups in total. The molecule has 1 aliphatic heterocycles. The number of carboxylic acid groups (broad SMARTS) is 1. The first-order valence-electron chi connectivity index (χ1n) is 13.6. The van der Waals surface area contributed by atoms with Crippen LogP contribution in [-0.2, 0) is 9.59 Å². The van der Waals surface area contributed by atoms with Gasteiger partial charge in [0.2, 0.25) is 5.91 Å². The van der Waals surface area contributed by atoms with Crippen LogP contribution in [0.3, 0.4) is 0 Å². The number of nitrogens with zero attached hydrogens (tertiary/aromatic N) is 2. The van der Waals surface area contributed by atoms with E-state index >= 15 is 0 Å². The van der Waals surface area contributed by atoms with Gasteiger partial charge in [-0.25, -0.2) is 4.79 Å². The Labute approximate surface area is 228 Å². The predicted molar refractivity (Wildman–Crippen MR) is 149 cm³/mol. The number of rotatable bonds is 9. The molecule has 10 heteroatoms. The normalized spacial score (nSPS) is 16.2. The first-order chi connectivity index (χ1) is 18.7. The molecule has 2 fully saturated rings. The number of anilines is 2. The Morgan fingerprint density at radius 1 is 1.00 bits per heavy atom. The molecular weight excluding hydrogens is 498 g/mol. The maximum Gasteiger partial charge on any atom is 0.319 e. The Morgan fingerprint density at radius 2 is 1.74 bits per heavy atom. The van der Waals surface area contributed by atoms with Crippen molar-refractivity contribution < 1.29 is 24.3 Å². The minimum Gasteiger partial charge on any atom is -0.481 e. The highest BCUT2D eigenvalue weighted by molar-refractivity contribution is 6.00. The van der Waals surface area contributed by atoms with Gasteiger partial charge in [0.05, 0.1) is 23.8 Å². The Hall–Kier alpha value is -4.08. The maximum atomic E-state index is 13.3. The number of carbonyl (C=O) groups is 4. The molecule has 1 atom stereocenters. The number of carboxylic acids is 1. The number of carbonyl (C=O) groups excluding carboxylic acids is 3. The zero-order chi connectivity index (χ0) is 27.9. The Kier molecular flexibility index (Phi) is 9.06. The van der Waals surface area contributed by atoms with Gasteiger partial charge in [0, 0.05) is 44.2 Å². The van der Waals surface area contributed by atoms with Gasteiger partial charge in [0.25, 0.3) is 5.91 Å². The molecular formula is C29H37N5O5. The second-order valence-electron chi connectivity index (χ2n) is 10.2. The van der Waals surface area contributed by atoms with Gasteiger partial charge >= 0.3 is 12.0 Å².